The highest BCUT2D eigenvalue weighted by atomic mass is 32.2. The van der Waals surface area contributed by atoms with Gasteiger partial charge in [-0.3, -0.25) is 14.6 Å². The van der Waals surface area contributed by atoms with E-state index in [2.05, 4.69) is 11.9 Å². The van der Waals surface area contributed by atoms with E-state index in [0.29, 0.717) is 22.1 Å². The Labute approximate surface area is 197 Å². The second kappa shape index (κ2) is 9.79. The first-order valence-electron chi connectivity index (χ1n) is 11.2. The summed E-state index contributed by atoms with van der Waals surface area (Å²) in [5.41, 5.74) is 3.40. The van der Waals surface area contributed by atoms with Gasteiger partial charge in [-0.15, -0.1) is 0 Å². The number of anilines is 1. The molecule has 4 rings (SSSR count). The van der Waals surface area contributed by atoms with Gasteiger partial charge in [-0.1, -0.05) is 43.7 Å². The van der Waals surface area contributed by atoms with E-state index < -0.39 is 6.17 Å². The molecule has 0 aliphatic carbocycles. The number of aryl methyl sites for hydroxylation is 1. The van der Waals surface area contributed by atoms with Gasteiger partial charge in [0.05, 0.1) is 18.4 Å². The standard InChI is InChI=1S/C25H28N4O3S/c1-5-6-9-14-33-25-26-23(31)22-19-10-7-8-11-20(19)28(17(3)30)24(29(22)27-25)18-12-13-21(32-4)16(2)15-18/h7-8,10-13,15,24H,5-6,9,14H2,1-4H3/p+1/t24-/m0/s1. The molecule has 2 aromatic carbocycles. The number of thioether (sulfide) groups is 1. The first-order chi connectivity index (χ1) is 16.0. The van der Waals surface area contributed by atoms with Gasteiger partial charge in [0.25, 0.3) is 6.17 Å². The van der Waals surface area contributed by atoms with Gasteiger partial charge >= 0.3 is 11.3 Å². The molecule has 33 heavy (non-hydrogen) atoms. The van der Waals surface area contributed by atoms with Crippen molar-refractivity contribution in [1.29, 1.82) is 0 Å². The highest BCUT2D eigenvalue weighted by molar-refractivity contribution is 7.99. The number of nitrogens with one attached hydrogen (secondary N) is 1. The fourth-order valence-electron chi connectivity index (χ4n) is 4.26. The number of ether oxygens (including phenoxy) is 1. The zero-order valence-corrected chi connectivity index (χ0v) is 20.2. The zero-order chi connectivity index (χ0) is 23.5. The van der Waals surface area contributed by atoms with Crippen LogP contribution in [0.5, 0.6) is 5.75 Å². The number of benzene rings is 2. The van der Waals surface area contributed by atoms with Crippen molar-refractivity contribution < 1.29 is 14.2 Å². The van der Waals surface area contributed by atoms with Crippen molar-refractivity contribution in [2.75, 3.05) is 17.8 Å². The van der Waals surface area contributed by atoms with E-state index in [9.17, 15) is 9.59 Å². The zero-order valence-electron chi connectivity index (χ0n) is 19.4. The van der Waals surface area contributed by atoms with Gasteiger partial charge < -0.3 is 4.74 Å². The molecule has 0 radical (unpaired) electrons. The molecule has 0 spiro atoms. The Bertz CT molecular complexity index is 1240. The van der Waals surface area contributed by atoms with E-state index in [1.54, 1.807) is 23.6 Å². The Morgan fingerprint density at radius 2 is 2.03 bits per heavy atom. The maximum atomic E-state index is 13.3. The van der Waals surface area contributed by atoms with Crippen LogP contribution < -0.4 is 19.9 Å². The number of para-hydroxylation sites is 1. The molecule has 0 saturated heterocycles. The van der Waals surface area contributed by atoms with E-state index in [1.807, 2.05) is 49.4 Å². The van der Waals surface area contributed by atoms with Crippen molar-refractivity contribution in [2.45, 2.75) is 51.4 Å². The molecule has 8 heteroatoms. The van der Waals surface area contributed by atoms with E-state index in [4.69, 9.17) is 9.84 Å². The minimum atomic E-state index is -0.589. The Hall–Kier alpha value is -3.13. The molecule has 1 atom stereocenters. The van der Waals surface area contributed by atoms with Crippen LogP contribution in [-0.2, 0) is 4.79 Å². The van der Waals surface area contributed by atoms with Crippen molar-refractivity contribution in [1.82, 2.24) is 10.1 Å². The molecule has 172 valence electrons. The number of unbranched alkanes of at least 4 members (excludes halogenated alkanes) is 2. The average molecular weight is 466 g/mol. The Balaban J connectivity index is 1.92. The summed E-state index contributed by atoms with van der Waals surface area (Å²) in [5, 5.41) is 5.39. The minimum Gasteiger partial charge on any atom is -0.496 e. The molecule has 0 fully saturated rings. The van der Waals surface area contributed by atoms with Gasteiger partial charge in [0.15, 0.2) is 0 Å². The van der Waals surface area contributed by atoms with E-state index in [0.717, 1.165) is 41.9 Å². The van der Waals surface area contributed by atoms with Crippen molar-refractivity contribution in [3.63, 3.8) is 0 Å². The summed E-state index contributed by atoms with van der Waals surface area (Å²) in [6, 6.07) is 13.3. The summed E-state index contributed by atoms with van der Waals surface area (Å²) in [4.78, 5) is 30.9. The van der Waals surface area contributed by atoms with Crippen LogP contribution in [0.4, 0.5) is 5.69 Å². The molecule has 1 N–H and O–H groups in total. The summed E-state index contributed by atoms with van der Waals surface area (Å²) in [6.45, 7) is 5.66. The maximum Gasteiger partial charge on any atom is 0.325 e. The van der Waals surface area contributed by atoms with E-state index in [-0.39, 0.29) is 11.5 Å². The molecular weight excluding hydrogens is 436 g/mol. The fraction of sp³-hybridized carbons (Fsp3) is 0.360. The lowest BCUT2D eigenvalue weighted by molar-refractivity contribution is -0.763. The number of nitrogens with zero attached hydrogens (tertiary/aromatic N) is 3. The first-order valence-corrected chi connectivity index (χ1v) is 12.2. The van der Waals surface area contributed by atoms with Gasteiger partial charge in [0, 0.05) is 23.3 Å². The van der Waals surface area contributed by atoms with Crippen LogP contribution in [0.15, 0.2) is 52.4 Å². The number of carbonyl (C=O) groups is 1. The van der Waals surface area contributed by atoms with E-state index in [1.165, 1.54) is 11.8 Å². The number of aromatic nitrogens is 3. The van der Waals surface area contributed by atoms with Crippen LogP contribution in [0.1, 0.15) is 50.4 Å². The summed E-state index contributed by atoms with van der Waals surface area (Å²) in [5.74, 6) is 1.51. The average Bonchev–Trinajstić information content (AvgIpc) is 2.80. The Morgan fingerprint density at radius 1 is 1.24 bits per heavy atom. The SMILES string of the molecule is CCCCCSc1n[n+]2c(c(=O)[nH]1)-c1ccccc1N(C(C)=O)[C@@H]2c1ccc(OC)c(C)c1. The summed E-state index contributed by atoms with van der Waals surface area (Å²) in [7, 11) is 1.63. The third-order valence-corrected chi connectivity index (χ3v) is 6.75. The first kappa shape index (κ1) is 23.0. The molecule has 0 saturated carbocycles. The molecule has 1 aromatic heterocycles. The van der Waals surface area contributed by atoms with Crippen molar-refractivity contribution >= 4 is 23.4 Å². The monoisotopic (exact) mass is 465 g/mol. The van der Waals surface area contributed by atoms with Crippen molar-refractivity contribution in [3.05, 3.63) is 63.9 Å². The third kappa shape index (κ3) is 4.39. The van der Waals surface area contributed by atoms with Crippen molar-refractivity contribution in [3.8, 4) is 17.0 Å². The molecule has 1 amide bonds. The summed E-state index contributed by atoms with van der Waals surface area (Å²) >= 11 is 1.53. The predicted octanol–water partition coefficient (Wildman–Crippen LogP) is 4.24. The molecule has 0 bridgehead atoms. The Morgan fingerprint density at radius 3 is 2.73 bits per heavy atom. The number of hydrogen-bond donors (Lipinski definition) is 1. The number of carbonyl (C=O) groups excluding carboxylic acids is 1. The Kier molecular flexibility index (Phi) is 6.83. The second-order valence-corrected chi connectivity index (χ2v) is 9.20. The maximum absolute atomic E-state index is 13.3. The molecule has 1 aliphatic heterocycles. The van der Waals surface area contributed by atoms with Crippen LogP contribution >= 0.6 is 11.8 Å². The number of hydrogen-bond acceptors (Lipinski definition) is 5. The van der Waals surface area contributed by atoms with E-state index >= 15 is 0 Å². The van der Waals surface area contributed by atoms with Crippen LogP contribution in [0.3, 0.4) is 0 Å². The van der Waals surface area contributed by atoms with Gasteiger partial charge in [-0.05, 0) is 53.9 Å². The van der Waals surface area contributed by atoms with Crippen LogP contribution in [0.2, 0.25) is 0 Å². The van der Waals surface area contributed by atoms with Gasteiger partial charge in [-0.25, -0.2) is 4.90 Å². The highest BCUT2D eigenvalue weighted by Gasteiger charge is 2.44. The highest BCUT2D eigenvalue weighted by Crippen LogP contribution is 2.38. The topological polar surface area (TPSA) is 79.2 Å². The lowest BCUT2D eigenvalue weighted by Crippen LogP contribution is -2.60. The van der Waals surface area contributed by atoms with Gasteiger partial charge in [-0.2, -0.15) is 0 Å². The van der Waals surface area contributed by atoms with Crippen LogP contribution in [0.25, 0.3) is 11.3 Å². The number of H-pyrrole nitrogens is 1. The molecule has 3 aromatic rings. The molecular formula is C25H29N4O3S+. The minimum absolute atomic E-state index is 0.127. The predicted molar refractivity (Wildman–Crippen MR) is 130 cm³/mol. The van der Waals surface area contributed by atoms with Gasteiger partial charge in [0.2, 0.25) is 11.1 Å². The van der Waals surface area contributed by atoms with Crippen LogP contribution in [0, 0.1) is 6.92 Å². The normalized spacial score (nSPS) is 14.5. The van der Waals surface area contributed by atoms with Gasteiger partial charge in [0.1, 0.15) is 5.75 Å². The fourth-order valence-corrected chi connectivity index (χ4v) is 5.11. The van der Waals surface area contributed by atoms with Crippen LogP contribution in [-0.4, -0.2) is 28.9 Å². The lowest BCUT2D eigenvalue weighted by atomic mass is 10.0. The molecule has 2 heterocycles. The smallest absolute Gasteiger partial charge is 0.325 e. The number of fused-ring (bicyclic) bond motifs is 3. The summed E-state index contributed by atoms with van der Waals surface area (Å²) in [6.07, 6.45) is 2.73. The molecule has 1 aliphatic rings. The quantitative estimate of drug-likeness (QED) is 0.321. The largest absolute Gasteiger partial charge is 0.496 e. The van der Waals surface area contributed by atoms with Crippen molar-refractivity contribution in [2.24, 2.45) is 0 Å². The number of aromatic amines is 1. The summed E-state index contributed by atoms with van der Waals surface area (Å²) < 4.78 is 7.13. The third-order valence-electron chi connectivity index (χ3n) is 5.80. The molecule has 0 unspecified atom stereocenters. The molecule has 7 nitrogen and oxygen atoms in total. The lowest BCUT2D eigenvalue weighted by Gasteiger charge is -2.31. The number of rotatable bonds is 7. The number of methoxy groups -OCH3 is 1. The second-order valence-electron chi connectivity index (χ2n) is 8.12. The number of amides is 1.